The van der Waals surface area contributed by atoms with Crippen molar-refractivity contribution in [1.29, 1.82) is 0 Å². The fourth-order valence-electron chi connectivity index (χ4n) is 5.08. The zero-order valence-corrected chi connectivity index (χ0v) is 17.1. The van der Waals surface area contributed by atoms with Crippen molar-refractivity contribution in [1.82, 2.24) is 44.6 Å². The Labute approximate surface area is 182 Å². The molecule has 0 spiro atoms. The van der Waals surface area contributed by atoms with Crippen LogP contribution in [0, 0.1) is 0 Å². The Bertz CT molecular complexity index is 1280. The van der Waals surface area contributed by atoms with Crippen LogP contribution in [-0.2, 0) is 0 Å². The van der Waals surface area contributed by atoms with E-state index < -0.39 is 0 Å². The second kappa shape index (κ2) is 6.97. The summed E-state index contributed by atoms with van der Waals surface area (Å²) in [5, 5.41) is 12.0. The van der Waals surface area contributed by atoms with Crippen LogP contribution >= 0.6 is 0 Å². The number of aromatic nitrogens is 8. The largest absolute Gasteiger partial charge is 0.384 e. The highest BCUT2D eigenvalue weighted by atomic mass is 16.2. The van der Waals surface area contributed by atoms with Crippen molar-refractivity contribution < 1.29 is 4.79 Å². The number of piperidine rings is 1. The first-order valence-electron chi connectivity index (χ1n) is 10.5. The highest BCUT2D eigenvalue weighted by molar-refractivity contribution is 5.91. The van der Waals surface area contributed by atoms with E-state index >= 15 is 0 Å². The molecule has 4 aromatic rings. The highest BCUT2D eigenvalue weighted by Gasteiger charge is 2.45. The molecule has 0 unspecified atom stereocenters. The van der Waals surface area contributed by atoms with Crippen LogP contribution in [0.2, 0.25) is 0 Å². The Kier molecular flexibility index (Phi) is 4.06. The van der Waals surface area contributed by atoms with Crippen LogP contribution in [0.3, 0.4) is 0 Å². The van der Waals surface area contributed by atoms with E-state index in [4.69, 9.17) is 16.5 Å². The van der Waals surface area contributed by atoms with Crippen molar-refractivity contribution in [3.8, 4) is 11.1 Å². The molecule has 0 aromatic carbocycles. The van der Waals surface area contributed by atoms with Crippen molar-refractivity contribution in [2.45, 2.75) is 43.7 Å². The number of carbonyl (C=O) groups is 1. The van der Waals surface area contributed by atoms with Crippen LogP contribution in [0.4, 0.5) is 11.8 Å². The van der Waals surface area contributed by atoms with E-state index in [1.54, 1.807) is 23.1 Å². The molecule has 2 bridgehead atoms. The van der Waals surface area contributed by atoms with Gasteiger partial charge in [0, 0.05) is 53.3 Å². The molecule has 162 valence electrons. The number of aromatic amines is 1. The van der Waals surface area contributed by atoms with Crippen LogP contribution in [-0.4, -0.2) is 62.6 Å². The van der Waals surface area contributed by atoms with E-state index in [0.29, 0.717) is 17.3 Å². The number of amides is 1. The molecule has 32 heavy (non-hydrogen) atoms. The number of nitrogens with zero attached hydrogens (tertiary/aromatic N) is 8. The van der Waals surface area contributed by atoms with Crippen LogP contribution in [0.15, 0.2) is 31.0 Å². The van der Waals surface area contributed by atoms with E-state index in [-0.39, 0.29) is 29.9 Å². The smallest absolute Gasteiger partial charge is 0.292 e. The molecule has 1 amide bonds. The average Bonchev–Trinajstić information content (AvgIpc) is 3.52. The summed E-state index contributed by atoms with van der Waals surface area (Å²) >= 11 is 0. The Morgan fingerprint density at radius 1 is 1.09 bits per heavy atom. The molecule has 0 radical (unpaired) electrons. The summed E-state index contributed by atoms with van der Waals surface area (Å²) in [5.74, 6) is 1.13. The molecule has 12 nitrogen and oxygen atoms in total. The van der Waals surface area contributed by atoms with E-state index in [0.717, 1.165) is 42.5 Å². The van der Waals surface area contributed by atoms with Gasteiger partial charge >= 0.3 is 0 Å². The van der Waals surface area contributed by atoms with Gasteiger partial charge in [-0.25, -0.2) is 15.0 Å². The molecule has 2 fully saturated rings. The lowest BCUT2D eigenvalue weighted by Crippen LogP contribution is -2.46. The predicted octanol–water partition coefficient (Wildman–Crippen LogP) is 1.02. The molecule has 0 saturated carbocycles. The first-order chi connectivity index (χ1) is 15.6. The van der Waals surface area contributed by atoms with Gasteiger partial charge in [-0.2, -0.15) is 9.61 Å². The van der Waals surface area contributed by atoms with Crippen molar-refractivity contribution in [2.75, 3.05) is 11.5 Å². The molecule has 0 aliphatic carbocycles. The molecule has 3 atom stereocenters. The average molecular weight is 431 g/mol. The van der Waals surface area contributed by atoms with Gasteiger partial charge in [0.05, 0.1) is 6.20 Å². The minimum absolute atomic E-state index is 0.0854. The number of nitrogens with two attached hydrogens (primary N) is 2. The van der Waals surface area contributed by atoms with Crippen molar-refractivity contribution >= 4 is 23.3 Å². The summed E-state index contributed by atoms with van der Waals surface area (Å²) in [6, 6.07) is 2.18. The summed E-state index contributed by atoms with van der Waals surface area (Å²) in [5.41, 5.74) is 15.1. The summed E-state index contributed by atoms with van der Waals surface area (Å²) in [6.07, 6.45) is 10.0. The fraction of sp³-hybridized carbons (Fsp3) is 0.350. The fourth-order valence-corrected chi connectivity index (χ4v) is 5.08. The number of hydrogen-bond acceptors (Lipinski definition) is 9. The number of anilines is 2. The first-order valence-corrected chi connectivity index (χ1v) is 10.5. The van der Waals surface area contributed by atoms with E-state index in [1.165, 1.54) is 6.33 Å². The lowest BCUT2D eigenvalue weighted by Gasteiger charge is -2.38. The van der Waals surface area contributed by atoms with Crippen molar-refractivity contribution in [2.24, 2.45) is 0 Å². The van der Waals surface area contributed by atoms with Gasteiger partial charge in [-0.1, -0.05) is 0 Å². The van der Waals surface area contributed by atoms with Crippen LogP contribution in [0.5, 0.6) is 0 Å². The number of nitrogens with one attached hydrogen (secondary N) is 1. The summed E-state index contributed by atoms with van der Waals surface area (Å²) < 4.78 is 1.62. The third-order valence-corrected chi connectivity index (χ3v) is 6.51. The van der Waals surface area contributed by atoms with Crippen molar-refractivity contribution in [3.05, 3.63) is 42.5 Å². The molecular formula is C20H21N11O. The van der Waals surface area contributed by atoms with Crippen LogP contribution in [0.25, 0.3) is 16.8 Å². The zero-order valence-electron chi connectivity index (χ0n) is 17.1. The quantitative estimate of drug-likeness (QED) is 0.428. The molecule has 4 aromatic heterocycles. The van der Waals surface area contributed by atoms with Gasteiger partial charge in [-0.15, -0.1) is 10.2 Å². The molecule has 2 aliphatic heterocycles. The highest BCUT2D eigenvalue weighted by Crippen LogP contribution is 2.43. The van der Waals surface area contributed by atoms with Gasteiger partial charge in [-0.05, 0) is 25.7 Å². The normalized spacial score (nSPS) is 22.5. The summed E-state index contributed by atoms with van der Waals surface area (Å²) in [4.78, 5) is 30.8. The van der Waals surface area contributed by atoms with Gasteiger partial charge in [-0.3, -0.25) is 4.79 Å². The SMILES string of the molecule is Nc1ncc(-c2cnn3c(N)cc([C@H]4C[C@H]5CC[C@@H](C4)N5C(=O)c4nnc[nH]4)nc23)cn1. The summed E-state index contributed by atoms with van der Waals surface area (Å²) in [7, 11) is 0. The molecule has 6 rings (SSSR count). The predicted molar refractivity (Wildman–Crippen MR) is 114 cm³/mol. The molecule has 5 N–H and O–H groups in total. The second-order valence-corrected chi connectivity index (χ2v) is 8.33. The van der Waals surface area contributed by atoms with Gasteiger partial charge in [0.1, 0.15) is 12.1 Å². The number of nitrogen functional groups attached to an aromatic ring is 2. The monoisotopic (exact) mass is 431 g/mol. The first kappa shape index (κ1) is 18.7. The standard InChI is InChI=1S/C20H21N11O/c21-16-5-15(28-18-14(8-27-31(16)18)11-6-23-20(22)24-7-11)10-3-12-1-2-13(4-10)30(12)19(32)17-25-9-26-29-17/h5-10,12-13H,1-4,21H2,(H2,22,23,24)(H,25,26,29)/t10-,12+,13-. The Morgan fingerprint density at radius 2 is 1.84 bits per heavy atom. The molecular weight excluding hydrogens is 410 g/mol. The number of rotatable bonds is 3. The van der Waals surface area contributed by atoms with E-state index in [9.17, 15) is 4.79 Å². The van der Waals surface area contributed by atoms with E-state index in [2.05, 4.69) is 30.2 Å². The van der Waals surface area contributed by atoms with Crippen molar-refractivity contribution in [3.63, 3.8) is 0 Å². The number of carbonyl (C=O) groups excluding carboxylic acids is 1. The number of fused-ring (bicyclic) bond motifs is 3. The maximum absolute atomic E-state index is 12.9. The minimum atomic E-state index is -0.0854. The van der Waals surface area contributed by atoms with Gasteiger partial charge in [0.15, 0.2) is 5.65 Å². The molecule has 6 heterocycles. The Hall–Kier alpha value is -4.09. The number of hydrogen-bond donors (Lipinski definition) is 3. The maximum Gasteiger partial charge on any atom is 0.292 e. The zero-order chi connectivity index (χ0) is 21.8. The Morgan fingerprint density at radius 3 is 2.53 bits per heavy atom. The minimum Gasteiger partial charge on any atom is -0.384 e. The Balaban J connectivity index is 1.33. The third kappa shape index (κ3) is 2.87. The topological polar surface area (TPSA) is 170 Å². The maximum atomic E-state index is 12.9. The summed E-state index contributed by atoms with van der Waals surface area (Å²) in [6.45, 7) is 0. The van der Waals surface area contributed by atoms with E-state index in [1.807, 2.05) is 11.0 Å². The number of H-pyrrole nitrogens is 1. The lowest BCUT2D eigenvalue weighted by atomic mass is 9.87. The van der Waals surface area contributed by atoms with Gasteiger partial charge in [0.2, 0.25) is 11.8 Å². The van der Waals surface area contributed by atoms with Gasteiger partial charge in [0.25, 0.3) is 5.91 Å². The third-order valence-electron chi connectivity index (χ3n) is 6.51. The van der Waals surface area contributed by atoms with Crippen LogP contribution < -0.4 is 11.5 Å². The van der Waals surface area contributed by atoms with Crippen LogP contribution in [0.1, 0.15) is 47.9 Å². The van der Waals surface area contributed by atoms with Gasteiger partial charge < -0.3 is 21.4 Å². The second-order valence-electron chi connectivity index (χ2n) is 8.33. The molecule has 12 heteroatoms. The molecule has 2 aliphatic rings. The molecule has 2 saturated heterocycles. The lowest BCUT2D eigenvalue weighted by molar-refractivity contribution is 0.0557.